The minimum Gasteiger partial charge on any atom is -0.0842 e. The quantitative estimate of drug-likeness (QED) is 0.590. The highest BCUT2D eigenvalue weighted by Crippen LogP contribution is 2.37. The lowest BCUT2D eigenvalue weighted by molar-refractivity contribution is 0.266. The summed E-state index contributed by atoms with van der Waals surface area (Å²) in [5.74, 6) is 0.762. The molecular weight excluding hydrogens is 156 g/mol. The van der Waals surface area contributed by atoms with E-state index in [1.54, 1.807) is 5.57 Å². The van der Waals surface area contributed by atoms with E-state index in [9.17, 15) is 0 Å². The van der Waals surface area contributed by atoms with Gasteiger partial charge in [0.2, 0.25) is 0 Å². The summed E-state index contributed by atoms with van der Waals surface area (Å²) in [5, 5.41) is 0. The fourth-order valence-corrected chi connectivity index (χ4v) is 2.34. The van der Waals surface area contributed by atoms with Crippen molar-refractivity contribution < 1.29 is 0 Å². The highest BCUT2D eigenvalue weighted by Gasteiger charge is 2.25. The average molecular weight is 178 g/mol. The molecule has 0 heteroatoms. The van der Waals surface area contributed by atoms with Gasteiger partial charge in [-0.2, -0.15) is 0 Å². The normalized spacial score (nSPS) is 19.8. The minimum atomic E-state index is 0.422. The Morgan fingerprint density at radius 1 is 1.38 bits per heavy atom. The van der Waals surface area contributed by atoms with Gasteiger partial charge in [-0.25, -0.2) is 0 Å². The summed E-state index contributed by atoms with van der Waals surface area (Å²) in [4.78, 5) is 0. The Bertz CT molecular complexity index is 213. The monoisotopic (exact) mass is 178 g/mol. The van der Waals surface area contributed by atoms with E-state index >= 15 is 0 Å². The molecule has 1 aliphatic carbocycles. The molecule has 0 bridgehead atoms. The second-order valence-corrected chi connectivity index (χ2v) is 5.04. The van der Waals surface area contributed by atoms with E-state index in [1.807, 2.05) is 0 Å². The van der Waals surface area contributed by atoms with Gasteiger partial charge in [-0.3, -0.25) is 0 Å². The Morgan fingerprint density at radius 2 is 2.08 bits per heavy atom. The Kier molecular flexibility index (Phi) is 3.35. The Hall–Kier alpha value is -0.520. The molecule has 0 aromatic rings. The molecule has 0 saturated carbocycles. The predicted octanol–water partition coefficient (Wildman–Crippen LogP) is 4.34. The van der Waals surface area contributed by atoms with Crippen molar-refractivity contribution in [1.29, 1.82) is 0 Å². The fraction of sp³-hybridized carbons (Fsp3) is 0.692. The van der Waals surface area contributed by atoms with E-state index in [-0.39, 0.29) is 0 Å². The third kappa shape index (κ3) is 2.72. The molecule has 0 fully saturated rings. The van der Waals surface area contributed by atoms with Gasteiger partial charge in [0.15, 0.2) is 0 Å². The van der Waals surface area contributed by atoms with Gasteiger partial charge >= 0.3 is 0 Å². The molecule has 1 aliphatic rings. The first-order valence-electron chi connectivity index (χ1n) is 5.41. The third-order valence-electron chi connectivity index (χ3n) is 2.95. The molecule has 0 amide bonds. The van der Waals surface area contributed by atoms with Gasteiger partial charge in [-0.05, 0) is 30.6 Å². The van der Waals surface area contributed by atoms with Crippen molar-refractivity contribution in [2.75, 3.05) is 0 Å². The number of hydrogen-bond acceptors (Lipinski definition) is 0. The van der Waals surface area contributed by atoms with E-state index in [4.69, 9.17) is 0 Å². The van der Waals surface area contributed by atoms with Gasteiger partial charge in [0, 0.05) is 0 Å². The van der Waals surface area contributed by atoms with Crippen molar-refractivity contribution in [2.24, 2.45) is 11.3 Å². The molecule has 1 rings (SSSR count). The maximum atomic E-state index is 2.35. The van der Waals surface area contributed by atoms with E-state index < -0.39 is 0 Å². The summed E-state index contributed by atoms with van der Waals surface area (Å²) in [6, 6.07) is 0. The molecule has 0 heterocycles. The lowest BCUT2D eigenvalue weighted by Crippen LogP contribution is -2.22. The average Bonchev–Trinajstić information content (AvgIpc) is 2.05. The molecule has 74 valence electrons. The van der Waals surface area contributed by atoms with Gasteiger partial charge in [0.05, 0.1) is 0 Å². The van der Waals surface area contributed by atoms with E-state index in [2.05, 4.69) is 45.9 Å². The van der Waals surface area contributed by atoms with Crippen LogP contribution in [-0.4, -0.2) is 0 Å². The standard InChI is InChI=1S/C13H22/c1-5-12(13(2,3)4)11-9-7-6-8-10-11/h6-7,9,12H,5,8,10H2,1-4H3. The smallest absolute Gasteiger partial charge is 0.0154 e. The molecular formula is C13H22. The van der Waals surface area contributed by atoms with Crippen molar-refractivity contribution in [3.63, 3.8) is 0 Å². The van der Waals surface area contributed by atoms with Crippen LogP contribution in [0.3, 0.4) is 0 Å². The maximum absolute atomic E-state index is 2.35. The molecule has 0 saturated heterocycles. The summed E-state index contributed by atoms with van der Waals surface area (Å²) in [6.45, 7) is 9.34. The summed E-state index contributed by atoms with van der Waals surface area (Å²) in [5.41, 5.74) is 2.07. The first-order valence-corrected chi connectivity index (χ1v) is 5.41. The van der Waals surface area contributed by atoms with Crippen LogP contribution in [0, 0.1) is 11.3 Å². The molecule has 0 N–H and O–H groups in total. The largest absolute Gasteiger partial charge is 0.0842 e. The lowest BCUT2D eigenvalue weighted by atomic mass is 9.73. The van der Waals surface area contributed by atoms with Crippen molar-refractivity contribution in [3.05, 3.63) is 23.8 Å². The zero-order valence-electron chi connectivity index (χ0n) is 9.43. The maximum Gasteiger partial charge on any atom is -0.0154 e. The Labute approximate surface area is 82.7 Å². The summed E-state index contributed by atoms with van der Waals surface area (Å²) in [6.07, 6.45) is 10.6. The number of allylic oxidation sites excluding steroid dienone is 4. The Morgan fingerprint density at radius 3 is 2.46 bits per heavy atom. The summed E-state index contributed by atoms with van der Waals surface area (Å²) >= 11 is 0. The lowest BCUT2D eigenvalue weighted by Gasteiger charge is -2.32. The van der Waals surface area contributed by atoms with E-state index in [0.29, 0.717) is 5.41 Å². The van der Waals surface area contributed by atoms with Crippen LogP contribution in [0.25, 0.3) is 0 Å². The van der Waals surface area contributed by atoms with Crippen LogP contribution >= 0.6 is 0 Å². The highest BCUT2D eigenvalue weighted by atomic mass is 14.3. The van der Waals surface area contributed by atoms with E-state index in [1.165, 1.54) is 19.3 Å². The minimum absolute atomic E-state index is 0.422. The van der Waals surface area contributed by atoms with Crippen LogP contribution in [0.2, 0.25) is 0 Å². The molecule has 0 aromatic heterocycles. The van der Waals surface area contributed by atoms with Crippen molar-refractivity contribution in [1.82, 2.24) is 0 Å². The van der Waals surface area contributed by atoms with Gasteiger partial charge in [0.25, 0.3) is 0 Å². The topological polar surface area (TPSA) is 0 Å². The molecule has 0 aliphatic heterocycles. The van der Waals surface area contributed by atoms with Crippen LogP contribution in [-0.2, 0) is 0 Å². The summed E-state index contributed by atoms with van der Waals surface area (Å²) in [7, 11) is 0. The Balaban J connectivity index is 2.77. The van der Waals surface area contributed by atoms with Crippen molar-refractivity contribution >= 4 is 0 Å². The first kappa shape index (κ1) is 10.6. The second kappa shape index (κ2) is 4.13. The summed E-state index contributed by atoms with van der Waals surface area (Å²) < 4.78 is 0. The van der Waals surface area contributed by atoms with Gasteiger partial charge in [-0.15, -0.1) is 0 Å². The second-order valence-electron chi connectivity index (χ2n) is 5.04. The number of rotatable bonds is 2. The van der Waals surface area contributed by atoms with Crippen LogP contribution in [0.4, 0.5) is 0 Å². The van der Waals surface area contributed by atoms with Gasteiger partial charge < -0.3 is 0 Å². The van der Waals surface area contributed by atoms with E-state index in [0.717, 1.165) is 5.92 Å². The van der Waals surface area contributed by atoms with Gasteiger partial charge in [-0.1, -0.05) is 51.5 Å². The fourth-order valence-electron chi connectivity index (χ4n) is 2.34. The van der Waals surface area contributed by atoms with Crippen molar-refractivity contribution in [2.45, 2.75) is 47.0 Å². The molecule has 0 spiro atoms. The van der Waals surface area contributed by atoms with Crippen LogP contribution in [0.1, 0.15) is 47.0 Å². The molecule has 1 unspecified atom stereocenters. The molecule has 0 aromatic carbocycles. The number of hydrogen-bond donors (Lipinski definition) is 0. The first-order chi connectivity index (χ1) is 6.05. The van der Waals surface area contributed by atoms with Crippen LogP contribution in [0.5, 0.6) is 0 Å². The molecule has 1 atom stereocenters. The van der Waals surface area contributed by atoms with Gasteiger partial charge in [0.1, 0.15) is 0 Å². The zero-order valence-corrected chi connectivity index (χ0v) is 9.43. The predicted molar refractivity (Wildman–Crippen MR) is 59.7 cm³/mol. The van der Waals surface area contributed by atoms with Crippen molar-refractivity contribution in [3.8, 4) is 0 Å². The van der Waals surface area contributed by atoms with Crippen LogP contribution in [0.15, 0.2) is 23.8 Å². The highest BCUT2D eigenvalue weighted by molar-refractivity contribution is 5.21. The molecule has 13 heavy (non-hydrogen) atoms. The zero-order chi connectivity index (χ0) is 9.90. The van der Waals surface area contributed by atoms with Crippen LogP contribution < -0.4 is 0 Å². The molecule has 0 nitrogen and oxygen atoms in total. The molecule has 0 radical (unpaired) electrons. The third-order valence-corrected chi connectivity index (χ3v) is 2.95. The SMILES string of the molecule is CCC(C1=CC=CCC1)C(C)(C)C.